The fourth-order valence-corrected chi connectivity index (χ4v) is 3.41. The van der Waals surface area contributed by atoms with Gasteiger partial charge in [0.1, 0.15) is 0 Å². The Morgan fingerprint density at radius 2 is 1.61 bits per heavy atom. The summed E-state index contributed by atoms with van der Waals surface area (Å²) in [5.41, 5.74) is 3.82. The summed E-state index contributed by atoms with van der Waals surface area (Å²) in [6.45, 7) is 0. The van der Waals surface area contributed by atoms with Crippen molar-refractivity contribution in [1.29, 1.82) is 0 Å². The first-order valence-electron chi connectivity index (χ1n) is 9.57. The summed E-state index contributed by atoms with van der Waals surface area (Å²) in [4.78, 5) is 17.6. The highest BCUT2D eigenvalue weighted by Crippen LogP contribution is 2.26. The second-order valence-corrected chi connectivity index (χ2v) is 7.28. The Bertz CT molecular complexity index is 1270. The summed E-state index contributed by atoms with van der Waals surface area (Å²) in [6.07, 6.45) is -0.957. The number of halogens is 1. The zero-order valence-corrected chi connectivity index (χ0v) is 16.9. The molecule has 2 heterocycles. The van der Waals surface area contributed by atoms with Gasteiger partial charge in [-0.3, -0.25) is 4.79 Å². The van der Waals surface area contributed by atoms with Crippen LogP contribution < -0.4 is 10.6 Å². The molecule has 4 aromatic rings. The number of nitrogens with one attached hydrogen (secondary N) is 2. The summed E-state index contributed by atoms with van der Waals surface area (Å²) in [5.74, 6) is -0.0200. The first-order chi connectivity index (χ1) is 15.2. The zero-order valence-electron chi connectivity index (χ0n) is 16.1. The van der Waals surface area contributed by atoms with Gasteiger partial charge >= 0.3 is 6.01 Å². The van der Waals surface area contributed by atoms with Gasteiger partial charge in [-0.15, -0.1) is 5.10 Å². The molecule has 0 bridgehead atoms. The van der Waals surface area contributed by atoms with Crippen molar-refractivity contribution in [2.45, 2.75) is 6.17 Å². The van der Waals surface area contributed by atoms with Gasteiger partial charge in [0, 0.05) is 21.7 Å². The van der Waals surface area contributed by atoms with E-state index in [0.29, 0.717) is 22.3 Å². The number of hydrogen-bond acceptors (Lipinski definition) is 6. The molecule has 31 heavy (non-hydrogen) atoms. The number of rotatable bonds is 4. The molecule has 7 nitrogen and oxygen atoms in total. The molecule has 1 aromatic heterocycles. The van der Waals surface area contributed by atoms with Crippen LogP contribution in [0.15, 0.2) is 88.3 Å². The maximum atomic E-state index is 12.9. The lowest BCUT2D eigenvalue weighted by Crippen LogP contribution is -2.32. The topological polar surface area (TPSA) is 92.4 Å². The summed E-state index contributed by atoms with van der Waals surface area (Å²) in [5, 5.41) is 14.5. The van der Waals surface area contributed by atoms with Crippen molar-refractivity contribution in [2.24, 2.45) is 4.99 Å². The third kappa shape index (κ3) is 3.91. The maximum Gasteiger partial charge on any atom is 0.317 e. The number of carbonyl (C=O) groups excluding carboxylic acids is 1. The maximum absolute atomic E-state index is 12.9. The van der Waals surface area contributed by atoms with Crippen molar-refractivity contribution in [3.63, 3.8) is 0 Å². The predicted octanol–water partition coefficient (Wildman–Crippen LogP) is 4.62. The Kier molecular flexibility index (Phi) is 4.93. The molecule has 1 atom stereocenters. The van der Waals surface area contributed by atoms with Gasteiger partial charge in [-0.05, 0) is 30.3 Å². The number of para-hydroxylation sites is 1. The number of benzene rings is 3. The van der Waals surface area contributed by atoms with Crippen LogP contribution in [0.4, 0.5) is 11.7 Å². The third-order valence-electron chi connectivity index (χ3n) is 4.77. The molecule has 1 aliphatic heterocycles. The van der Waals surface area contributed by atoms with Gasteiger partial charge in [0.25, 0.3) is 5.91 Å². The second kappa shape index (κ2) is 8.04. The van der Waals surface area contributed by atoms with E-state index in [1.54, 1.807) is 24.3 Å². The first-order valence-corrected chi connectivity index (χ1v) is 9.95. The van der Waals surface area contributed by atoms with Crippen LogP contribution in [-0.2, 0) is 4.79 Å². The minimum Gasteiger partial charge on any atom is -0.403 e. The van der Waals surface area contributed by atoms with Crippen LogP contribution in [0, 0.1) is 0 Å². The van der Waals surface area contributed by atoms with E-state index in [1.165, 1.54) is 0 Å². The normalized spacial score (nSPS) is 15.5. The Hall–Kier alpha value is -3.97. The molecule has 1 amide bonds. The highest BCUT2D eigenvalue weighted by Gasteiger charge is 2.27. The lowest BCUT2D eigenvalue weighted by molar-refractivity contribution is -0.116. The lowest BCUT2D eigenvalue weighted by Gasteiger charge is -2.11. The average molecular weight is 430 g/mol. The van der Waals surface area contributed by atoms with Gasteiger partial charge in [-0.2, -0.15) is 0 Å². The molecule has 0 radical (unpaired) electrons. The number of aliphatic imine (C=N–C) groups is 1. The Balaban J connectivity index is 1.49. The molecule has 152 valence electrons. The highest BCUT2D eigenvalue weighted by atomic mass is 35.5. The number of amides is 1. The van der Waals surface area contributed by atoms with Crippen molar-refractivity contribution < 1.29 is 9.21 Å². The van der Waals surface area contributed by atoms with E-state index in [0.717, 1.165) is 16.7 Å². The van der Waals surface area contributed by atoms with Crippen LogP contribution >= 0.6 is 11.6 Å². The van der Waals surface area contributed by atoms with Crippen LogP contribution in [0.5, 0.6) is 0 Å². The quantitative estimate of drug-likeness (QED) is 0.494. The van der Waals surface area contributed by atoms with Crippen LogP contribution in [0.25, 0.3) is 11.5 Å². The Morgan fingerprint density at radius 3 is 2.42 bits per heavy atom. The number of anilines is 2. The molecule has 0 spiro atoms. The molecular formula is C23H16ClN5O2. The van der Waals surface area contributed by atoms with Crippen LogP contribution in [-0.4, -0.2) is 28.0 Å². The van der Waals surface area contributed by atoms with Crippen molar-refractivity contribution in [1.82, 2.24) is 10.2 Å². The zero-order chi connectivity index (χ0) is 21.2. The molecule has 0 unspecified atom stereocenters. The molecule has 0 saturated carbocycles. The molecule has 2 N–H and O–H groups in total. The third-order valence-corrected chi connectivity index (χ3v) is 5.02. The average Bonchev–Trinajstić information content (AvgIpc) is 3.21. The van der Waals surface area contributed by atoms with Crippen molar-refractivity contribution in [3.8, 4) is 11.5 Å². The fraction of sp³-hybridized carbons (Fsp3) is 0.0435. The predicted molar refractivity (Wildman–Crippen MR) is 119 cm³/mol. The van der Waals surface area contributed by atoms with Crippen molar-refractivity contribution >= 4 is 34.9 Å². The van der Waals surface area contributed by atoms with Crippen LogP contribution in [0.1, 0.15) is 11.1 Å². The van der Waals surface area contributed by atoms with E-state index in [9.17, 15) is 4.79 Å². The number of fused-ring (bicyclic) bond motifs is 1. The summed E-state index contributed by atoms with van der Waals surface area (Å²) < 4.78 is 5.69. The Labute approximate surface area is 182 Å². The Morgan fingerprint density at radius 1 is 0.871 bits per heavy atom. The monoisotopic (exact) mass is 429 g/mol. The summed E-state index contributed by atoms with van der Waals surface area (Å²) >= 11 is 5.93. The van der Waals surface area contributed by atoms with Gasteiger partial charge in [0.05, 0.1) is 11.4 Å². The first kappa shape index (κ1) is 19.0. The molecule has 0 fully saturated rings. The van der Waals surface area contributed by atoms with Gasteiger partial charge in [-0.25, -0.2) is 4.99 Å². The minimum atomic E-state index is -0.957. The van der Waals surface area contributed by atoms with E-state index in [-0.39, 0.29) is 11.9 Å². The molecule has 1 aliphatic rings. The lowest BCUT2D eigenvalue weighted by atomic mass is 10.0. The van der Waals surface area contributed by atoms with Gasteiger partial charge in [0.15, 0.2) is 0 Å². The minimum absolute atomic E-state index is 0.0900. The van der Waals surface area contributed by atoms with Gasteiger partial charge in [0.2, 0.25) is 12.1 Å². The smallest absolute Gasteiger partial charge is 0.317 e. The number of benzodiazepines with no additional fused rings is 1. The summed E-state index contributed by atoms with van der Waals surface area (Å²) in [7, 11) is 0. The van der Waals surface area contributed by atoms with E-state index >= 15 is 0 Å². The van der Waals surface area contributed by atoms with E-state index in [2.05, 4.69) is 20.8 Å². The largest absolute Gasteiger partial charge is 0.403 e. The number of carbonyl (C=O) groups is 1. The molecule has 0 saturated heterocycles. The van der Waals surface area contributed by atoms with Crippen LogP contribution in [0.2, 0.25) is 5.02 Å². The standard InChI is InChI=1S/C23H16ClN5O2/c24-16-12-10-15(11-13-16)22-28-29-23(31-22)27-20-21(30)25-18-9-5-4-8-17(18)19(26-20)14-6-2-1-3-7-14/h1-13,20H,(H,25,30)(H,27,29)/t20-/m1/s1. The van der Waals surface area contributed by atoms with Crippen LogP contribution in [0.3, 0.4) is 0 Å². The fourth-order valence-electron chi connectivity index (χ4n) is 3.29. The highest BCUT2D eigenvalue weighted by molar-refractivity contribution is 6.30. The van der Waals surface area contributed by atoms with E-state index in [4.69, 9.17) is 21.0 Å². The molecule has 5 rings (SSSR count). The summed E-state index contributed by atoms with van der Waals surface area (Å²) in [6, 6.07) is 24.4. The van der Waals surface area contributed by atoms with Gasteiger partial charge < -0.3 is 15.1 Å². The van der Waals surface area contributed by atoms with Crippen molar-refractivity contribution in [2.75, 3.05) is 10.6 Å². The number of aromatic nitrogens is 2. The number of hydrogen-bond donors (Lipinski definition) is 2. The van der Waals surface area contributed by atoms with E-state index < -0.39 is 6.17 Å². The SMILES string of the molecule is O=C1Nc2ccccc2C(c2ccccc2)=N[C@@H]1Nc1nnc(-c2ccc(Cl)cc2)o1. The number of nitrogens with zero attached hydrogens (tertiary/aromatic N) is 3. The molecule has 0 aliphatic carbocycles. The molecule has 8 heteroatoms. The second-order valence-electron chi connectivity index (χ2n) is 6.84. The van der Waals surface area contributed by atoms with Crippen molar-refractivity contribution in [3.05, 3.63) is 95.0 Å². The molecule has 3 aromatic carbocycles. The van der Waals surface area contributed by atoms with E-state index in [1.807, 2.05) is 54.6 Å². The van der Waals surface area contributed by atoms with Gasteiger partial charge in [-0.1, -0.05) is 65.2 Å². The molecular weight excluding hydrogens is 414 g/mol.